The molecule has 250 valence electrons. The maximum atomic E-state index is 12.8. The summed E-state index contributed by atoms with van der Waals surface area (Å²) in [5, 5.41) is 11.2. The fourth-order valence-electron chi connectivity index (χ4n) is 5.02. The first kappa shape index (κ1) is 35.2. The molecule has 2 aliphatic heterocycles. The summed E-state index contributed by atoms with van der Waals surface area (Å²) in [6.45, 7) is 3.50. The molecule has 2 aliphatic rings. The summed E-state index contributed by atoms with van der Waals surface area (Å²) in [6.07, 6.45) is -3.25. The van der Waals surface area contributed by atoms with Gasteiger partial charge < -0.3 is 24.8 Å². The Balaban J connectivity index is 0.000000266. The summed E-state index contributed by atoms with van der Waals surface area (Å²) >= 11 is 0. The van der Waals surface area contributed by atoms with E-state index in [-0.39, 0.29) is 26.5 Å². The highest BCUT2D eigenvalue weighted by Gasteiger charge is 2.41. The van der Waals surface area contributed by atoms with Crippen molar-refractivity contribution in [3.8, 4) is 17.2 Å². The molecule has 2 atom stereocenters. The molecule has 46 heavy (non-hydrogen) atoms. The second kappa shape index (κ2) is 15.3. The summed E-state index contributed by atoms with van der Waals surface area (Å²) in [5.41, 5.74) is 0. The highest BCUT2D eigenvalue weighted by atomic mass is 32.2. The molecule has 0 spiro atoms. The molecule has 0 saturated carbocycles. The van der Waals surface area contributed by atoms with Gasteiger partial charge in [-0.3, -0.25) is 0 Å². The van der Waals surface area contributed by atoms with E-state index < -0.39 is 37.1 Å². The molecule has 2 saturated heterocycles. The van der Waals surface area contributed by atoms with E-state index >= 15 is 0 Å². The van der Waals surface area contributed by atoms with Crippen LogP contribution in [0.2, 0.25) is 0 Å². The Morgan fingerprint density at radius 1 is 0.848 bits per heavy atom. The van der Waals surface area contributed by atoms with Crippen molar-refractivity contribution >= 4 is 25.6 Å². The van der Waals surface area contributed by atoms with Gasteiger partial charge in [0.05, 0.1) is 26.9 Å². The Labute approximate surface area is 266 Å². The SMILES string of the molecule is O=C(Oc1ccc(S(=O)(=O)C2CCN(CCCOc3ccccc3)C2)cc1)C(F)(F)F.O=S(=O)(c1ccc(O)cc1)C1CCNC1. The van der Waals surface area contributed by atoms with Crippen LogP contribution < -0.4 is 14.8 Å². The van der Waals surface area contributed by atoms with Gasteiger partial charge in [0.1, 0.15) is 17.2 Å². The van der Waals surface area contributed by atoms with Crippen molar-refractivity contribution in [3.05, 3.63) is 78.9 Å². The third kappa shape index (κ3) is 9.44. The van der Waals surface area contributed by atoms with E-state index in [9.17, 15) is 34.8 Å². The highest BCUT2D eigenvalue weighted by Crippen LogP contribution is 2.27. The first-order valence-electron chi connectivity index (χ1n) is 14.5. The third-order valence-corrected chi connectivity index (χ3v) is 11.9. The number of phenols is 1. The average molecular weight is 685 g/mol. The monoisotopic (exact) mass is 684 g/mol. The van der Waals surface area contributed by atoms with Crippen LogP contribution in [0.25, 0.3) is 0 Å². The molecule has 2 heterocycles. The second-order valence-electron chi connectivity index (χ2n) is 10.8. The predicted molar refractivity (Wildman–Crippen MR) is 163 cm³/mol. The molecule has 0 aromatic heterocycles. The van der Waals surface area contributed by atoms with E-state index in [1.165, 1.54) is 24.3 Å². The summed E-state index contributed by atoms with van der Waals surface area (Å²) in [4.78, 5) is 13.2. The minimum absolute atomic E-state index is 0.0152. The number of esters is 1. The number of alkyl halides is 3. The van der Waals surface area contributed by atoms with Gasteiger partial charge in [-0.05, 0) is 93.0 Å². The number of sulfone groups is 2. The molecular formula is C31H35F3N2O8S2. The molecule has 15 heteroatoms. The van der Waals surface area contributed by atoms with E-state index in [1.54, 1.807) is 0 Å². The number of likely N-dealkylation sites (tertiary alicyclic amines) is 1. The number of hydrogen-bond acceptors (Lipinski definition) is 10. The molecule has 2 N–H and O–H groups in total. The summed E-state index contributed by atoms with van der Waals surface area (Å²) < 4.78 is 96.4. The number of halogens is 3. The van der Waals surface area contributed by atoms with E-state index in [1.807, 2.05) is 30.3 Å². The van der Waals surface area contributed by atoms with Gasteiger partial charge in [0.2, 0.25) is 0 Å². The lowest BCUT2D eigenvalue weighted by molar-refractivity contribution is -0.189. The first-order chi connectivity index (χ1) is 21.8. The van der Waals surface area contributed by atoms with Gasteiger partial charge in [0, 0.05) is 19.6 Å². The van der Waals surface area contributed by atoms with Crippen LogP contribution in [0.5, 0.6) is 17.2 Å². The molecule has 0 aliphatic carbocycles. The van der Waals surface area contributed by atoms with Crippen LogP contribution in [0.4, 0.5) is 13.2 Å². The van der Waals surface area contributed by atoms with Gasteiger partial charge in [-0.25, -0.2) is 21.6 Å². The zero-order valence-electron chi connectivity index (χ0n) is 24.7. The molecule has 0 amide bonds. The van der Waals surface area contributed by atoms with Crippen molar-refractivity contribution in [2.24, 2.45) is 0 Å². The Hall–Kier alpha value is -3.66. The maximum Gasteiger partial charge on any atom is 0.491 e. The van der Waals surface area contributed by atoms with Crippen LogP contribution in [0.1, 0.15) is 19.3 Å². The summed E-state index contributed by atoms with van der Waals surface area (Å²) in [7, 11) is -6.88. The van der Waals surface area contributed by atoms with Gasteiger partial charge in [-0.2, -0.15) is 13.2 Å². The van der Waals surface area contributed by atoms with Crippen LogP contribution >= 0.6 is 0 Å². The van der Waals surface area contributed by atoms with Gasteiger partial charge in [-0.15, -0.1) is 0 Å². The van der Waals surface area contributed by atoms with Crippen LogP contribution in [0, 0.1) is 0 Å². The van der Waals surface area contributed by atoms with Crippen molar-refractivity contribution in [1.82, 2.24) is 10.2 Å². The normalized spacial score (nSPS) is 18.8. The van der Waals surface area contributed by atoms with E-state index in [2.05, 4.69) is 15.0 Å². The van der Waals surface area contributed by atoms with Crippen LogP contribution in [0.3, 0.4) is 0 Å². The lowest BCUT2D eigenvalue weighted by atomic mass is 10.3. The highest BCUT2D eigenvalue weighted by molar-refractivity contribution is 7.92. The van der Waals surface area contributed by atoms with Crippen LogP contribution in [0.15, 0.2) is 88.7 Å². The van der Waals surface area contributed by atoms with Crippen molar-refractivity contribution in [2.45, 2.75) is 45.7 Å². The topological polar surface area (TPSA) is 139 Å². The van der Waals surface area contributed by atoms with Gasteiger partial charge >= 0.3 is 12.1 Å². The van der Waals surface area contributed by atoms with Crippen LogP contribution in [-0.2, 0) is 24.5 Å². The molecule has 3 aromatic rings. The van der Waals surface area contributed by atoms with E-state index in [0.29, 0.717) is 45.6 Å². The summed E-state index contributed by atoms with van der Waals surface area (Å²) in [6, 6.07) is 19.5. The number of nitrogens with one attached hydrogen (secondary N) is 1. The predicted octanol–water partition coefficient (Wildman–Crippen LogP) is 4.00. The Kier molecular flexibility index (Phi) is 11.7. The van der Waals surface area contributed by atoms with Crippen molar-refractivity contribution in [1.29, 1.82) is 0 Å². The number of para-hydroxylation sites is 1. The minimum atomic E-state index is -5.12. The summed E-state index contributed by atoms with van der Waals surface area (Å²) in [5.74, 6) is -1.86. The lowest BCUT2D eigenvalue weighted by Crippen LogP contribution is -2.28. The smallest absolute Gasteiger partial charge is 0.491 e. The van der Waals surface area contributed by atoms with Gasteiger partial charge in [0.15, 0.2) is 19.7 Å². The quantitative estimate of drug-likeness (QED) is 0.183. The standard InChI is InChI=1S/C21H22F3NO5S.C10H13NO3S/c22-21(23,24)20(26)30-17-7-9-18(10-8-17)31(27,28)19-11-13-25(15-19)12-4-14-29-16-5-2-1-3-6-16;12-8-1-3-9(4-2-8)15(13,14)10-5-6-11-7-10/h1-3,5-10,19H,4,11-15H2;1-4,10-12H,5-7H2. The third-order valence-electron chi connectivity index (χ3n) is 7.51. The number of aromatic hydroxyl groups is 1. The number of rotatable bonds is 10. The van der Waals surface area contributed by atoms with Crippen LogP contribution in [-0.4, -0.2) is 88.8 Å². The molecule has 10 nitrogen and oxygen atoms in total. The average Bonchev–Trinajstić information content (AvgIpc) is 3.74. The molecule has 5 rings (SSSR count). The Morgan fingerprint density at radius 3 is 2.04 bits per heavy atom. The largest absolute Gasteiger partial charge is 0.508 e. The second-order valence-corrected chi connectivity index (χ2v) is 15.2. The van der Waals surface area contributed by atoms with E-state index in [0.717, 1.165) is 43.0 Å². The molecule has 2 fully saturated rings. The van der Waals surface area contributed by atoms with Gasteiger partial charge in [-0.1, -0.05) is 18.2 Å². The first-order valence-corrected chi connectivity index (χ1v) is 17.6. The Bertz CT molecular complexity index is 1650. The van der Waals surface area contributed by atoms with Gasteiger partial charge in [0.25, 0.3) is 0 Å². The maximum absolute atomic E-state index is 12.8. The molecule has 2 unspecified atom stereocenters. The number of nitrogens with zero attached hydrogens (tertiary/aromatic N) is 1. The van der Waals surface area contributed by atoms with Crippen molar-refractivity contribution in [2.75, 3.05) is 39.3 Å². The number of ether oxygens (including phenoxy) is 2. The number of hydrogen-bond donors (Lipinski definition) is 2. The Morgan fingerprint density at radius 2 is 1.46 bits per heavy atom. The number of carbonyl (C=O) groups is 1. The molecule has 0 bridgehead atoms. The fourth-order valence-corrected chi connectivity index (χ4v) is 8.41. The number of phenolic OH excluding ortho intramolecular Hbond substituents is 1. The number of benzene rings is 3. The molecule has 3 aromatic carbocycles. The van der Waals surface area contributed by atoms with Crippen molar-refractivity contribution in [3.63, 3.8) is 0 Å². The zero-order chi connectivity index (χ0) is 33.4. The molecular weight excluding hydrogens is 649 g/mol. The lowest BCUT2D eigenvalue weighted by Gasteiger charge is -2.16. The zero-order valence-corrected chi connectivity index (χ0v) is 26.4. The molecule has 0 radical (unpaired) electrons. The van der Waals surface area contributed by atoms with E-state index in [4.69, 9.17) is 9.84 Å². The minimum Gasteiger partial charge on any atom is -0.508 e. The van der Waals surface area contributed by atoms with Crippen molar-refractivity contribution < 1.29 is 49.4 Å². The fraction of sp³-hybridized carbons (Fsp3) is 0.387. The number of carbonyl (C=O) groups excluding carboxylic acids is 1.